The molecular weight excluding hydrogens is 364 g/mol. The second-order valence-electron chi connectivity index (χ2n) is 6.46. The normalized spacial score (nSPS) is 25.3. The average Bonchev–Trinajstić information content (AvgIpc) is 2.69. The number of benzene rings is 1. The van der Waals surface area contributed by atoms with Crippen molar-refractivity contribution < 1.29 is 19.1 Å². The van der Waals surface area contributed by atoms with Crippen LogP contribution in [0.3, 0.4) is 0 Å². The Bertz CT molecular complexity index is 676. The number of halogens is 1. The number of carbonyl (C=O) groups is 2. The summed E-state index contributed by atoms with van der Waals surface area (Å²) in [5.41, 5.74) is -0.975. The molecule has 2 heterocycles. The zero-order valence-electron chi connectivity index (χ0n) is 13.3. The van der Waals surface area contributed by atoms with Crippen molar-refractivity contribution in [3.63, 3.8) is 0 Å². The van der Waals surface area contributed by atoms with Crippen molar-refractivity contribution in [1.29, 1.82) is 0 Å². The lowest BCUT2D eigenvalue weighted by molar-refractivity contribution is -0.135. The van der Waals surface area contributed by atoms with Crippen molar-refractivity contribution >= 4 is 27.9 Å². The highest BCUT2D eigenvalue weighted by Gasteiger charge is 2.58. The van der Waals surface area contributed by atoms with Gasteiger partial charge in [0.2, 0.25) is 0 Å². The van der Waals surface area contributed by atoms with Gasteiger partial charge in [0.05, 0.1) is 13.2 Å². The van der Waals surface area contributed by atoms with Crippen LogP contribution in [-0.4, -0.2) is 42.7 Å². The first-order valence-electron chi connectivity index (χ1n) is 7.41. The van der Waals surface area contributed by atoms with Gasteiger partial charge in [-0.05, 0) is 32.0 Å². The molecule has 0 bridgehead atoms. The summed E-state index contributed by atoms with van der Waals surface area (Å²) in [5.74, 6) is 0.363. The largest absolute Gasteiger partial charge is 0.487 e. The fraction of sp³-hybridized carbons (Fsp3) is 0.500. The SMILES string of the molecule is COCCN1C(=O)NC2(CC(C)(C)Oc3ccc(Br)cc32)C1=O. The molecule has 1 saturated heterocycles. The molecular formula is C16H19BrN2O4. The van der Waals surface area contributed by atoms with E-state index in [1.165, 1.54) is 12.0 Å². The van der Waals surface area contributed by atoms with Crippen molar-refractivity contribution in [2.75, 3.05) is 20.3 Å². The first kappa shape index (κ1) is 16.3. The molecule has 0 aliphatic carbocycles. The third-order valence-electron chi connectivity index (χ3n) is 4.17. The van der Waals surface area contributed by atoms with Gasteiger partial charge in [-0.1, -0.05) is 15.9 Å². The van der Waals surface area contributed by atoms with Crippen molar-refractivity contribution in [2.24, 2.45) is 0 Å². The van der Waals surface area contributed by atoms with Crippen molar-refractivity contribution in [1.82, 2.24) is 10.2 Å². The summed E-state index contributed by atoms with van der Waals surface area (Å²) in [6.07, 6.45) is 0.373. The quantitative estimate of drug-likeness (QED) is 0.815. The monoisotopic (exact) mass is 382 g/mol. The Morgan fingerprint density at radius 2 is 2.13 bits per heavy atom. The zero-order chi connectivity index (χ0) is 16.8. The number of urea groups is 1. The predicted octanol–water partition coefficient (Wildman–Crippen LogP) is 2.40. The summed E-state index contributed by atoms with van der Waals surface area (Å²) in [6.45, 7) is 4.36. The number of nitrogens with one attached hydrogen (secondary N) is 1. The smallest absolute Gasteiger partial charge is 0.325 e. The molecule has 0 saturated carbocycles. The molecule has 2 aliphatic heterocycles. The summed E-state index contributed by atoms with van der Waals surface area (Å²) in [6, 6.07) is 5.12. The molecule has 23 heavy (non-hydrogen) atoms. The summed E-state index contributed by atoms with van der Waals surface area (Å²) in [5, 5.41) is 2.90. The molecule has 124 valence electrons. The molecule has 3 amide bonds. The topological polar surface area (TPSA) is 67.9 Å². The average molecular weight is 383 g/mol. The van der Waals surface area contributed by atoms with Crippen LogP contribution in [0.1, 0.15) is 25.8 Å². The van der Waals surface area contributed by atoms with E-state index in [-0.39, 0.29) is 12.5 Å². The van der Waals surface area contributed by atoms with Crippen LogP contribution < -0.4 is 10.1 Å². The lowest BCUT2D eigenvalue weighted by atomic mass is 9.77. The summed E-state index contributed by atoms with van der Waals surface area (Å²) in [4.78, 5) is 26.7. The molecule has 1 aromatic carbocycles. The Balaban J connectivity index is 2.09. The molecule has 0 aromatic heterocycles. The molecule has 7 heteroatoms. The highest BCUT2D eigenvalue weighted by molar-refractivity contribution is 9.10. The molecule has 1 fully saturated rings. The van der Waals surface area contributed by atoms with Crippen LogP contribution in [0.2, 0.25) is 0 Å². The highest BCUT2D eigenvalue weighted by Crippen LogP contribution is 2.47. The predicted molar refractivity (Wildman–Crippen MR) is 87.3 cm³/mol. The fourth-order valence-electron chi connectivity index (χ4n) is 3.31. The number of hydrogen-bond acceptors (Lipinski definition) is 4. The minimum absolute atomic E-state index is 0.230. The number of hydrogen-bond donors (Lipinski definition) is 1. The number of carbonyl (C=O) groups excluding carboxylic acids is 2. The Morgan fingerprint density at radius 3 is 2.83 bits per heavy atom. The molecule has 3 rings (SSSR count). The maximum atomic E-state index is 13.1. The maximum Gasteiger partial charge on any atom is 0.325 e. The van der Waals surface area contributed by atoms with Gasteiger partial charge in [-0.2, -0.15) is 0 Å². The molecule has 1 N–H and O–H groups in total. The number of methoxy groups -OCH3 is 1. The van der Waals surface area contributed by atoms with Crippen LogP contribution in [0.5, 0.6) is 5.75 Å². The highest BCUT2D eigenvalue weighted by atomic mass is 79.9. The fourth-order valence-corrected chi connectivity index (χ4v) is 3.67. The van der Waals surface area contributed by atoms with Gasteiger partial charge in [-0.15, -0.1) is 0 Å². The first-order chi connectivity index (χ1) is 10.8. The number of fused-ring (bicyclic) bond motifs is 2. The van der Waals surface area contributed by atoms with E-state index < -0.39 is 17.2 Å². The van der Waals surface area contributed by atoms with Crippen LogP contribution in [0.4, 0.5) is 4.79 Å². The van der Waals surface area contributed by atoms with E-state index >= 15 is 0 Å². The Morgan fingerprint density at radius 1 is 1.39 bits per heavy atom. The van der Waals surface area contributed by atoms with E-state index in [2.05, 4.69) is 21.2 Å². The second kappa shape index (κ2) is 5.49. The minimum Gasteiger partial charge on any atom is -0.487 e. The number of nitrogens with zero attached hydrogens (tertiary/aromatic N) is 1. The van der Waals surface area contributed by atoms with E-state index in [4.69, 9.17) is 9.47 Å². The van der Waals surface area contributed by atoms with Gasteiger partial charge >= 0.3 is 6.03 Å². The first-order valence-corrected chi connectivity index (χ1v) is 8.20. The van der Waals surface area contributed by atoms with Crippen LogP contribution in [0, 0.1) is 0 Å². The van der Waals surface area contributed by atoms with Crippen LogP contribution in [0.15, 0.2) is 22.7 Å². The van der Waals surface area contributed by atoms with Gasteiger partial charge in [-0.3, -0.25) is 9.69 Å². The number of ether oxygens (including phenoxy) is 2. The van der Waals surface area contributed by atoms with Crippen molar-refractivity contribution in [3.05, 3.63) is 28.2 Å². The molecule has 0 radical (unpaired) electrons. The van der Waals surface area contributed by atoms with Gasteiger partial charge in [0.1, 0.15) is 11.4 Å². The molecule has 1 aromatic rings. The maximum absolute atomic E-state index is 13.1. The van der Waals surface area contributed by atoms with E-state index in [1.54, 1.807) is 0 Å². The van der Waals surface area contributed by atoms with Crippen LogP contribution in [0.25, 0.3) is 0 Å². The summed E-state index contributed by atoms with van der Waals surface area (Å²) < 4.78 is 11.8. The van der Waals surface area contributed by atoms with Gasteiger partial charge in [-0.25, -0.2) is 4.79 Å². The molecule has 1 spiro atoms. The number of amides is 3. The van der Waals surface area contributed by atoms with Gasteiger partial charge in [0, 0.05) is 23.6 Å². The Kier molecular flexibility index (Phi) is 3.88. The van der Waals surface area contributed by atoms with Crippen molar-refractivity contribution in [3.8, 4) is 5.75 Å². The Hall–Kier alpha value is -1.60. The number of rotatable bonds is 3. The lowest BCUT2D eigenvalue weighted by Crippen LogP contribution is -2.53. The van der Waals surface area contributed by atoms with E-state index in [1.807, 2.05) is 32.0 Å². The third kappa shape index (κ3) is 2.61. The zero-order valence-corrected chi connectivity index (χ0v) is 14.9. The minimum atomic E-state index is -1.09. The van der Waals surface area contributed by atoms with E-state index in [9.17, 15) is 9.59 Å². The summed E-state index contributed by atoms with van der Waals surface area (Å²) >= 11 is 3.43. The lowest BCUT2D eigenvalue weighted by Gasteiger charge is -2.42. The van der Waals surface area contributed by atoms with Gasteiger partial charge < -0.3 is 14.8 Å². The molecule has 2 aliphatic rings. The molecule has 1 atom stereocenters. The Labute approximate surface area is 143 Å². The van der Waals surface area contributed by atoms with Crippen molar-refractivity contribution in [2.45, 2.75) is 31.4 Å². The summed E-state index contributed by atoms with van der Waals surface area (Å²) in [7, 11) is 1.54. The van der Waals surface area contributed by atoms with Crippen LogP contribution >= 0.6 is 15.9 Å². The molecule has 1 unspecified atom stereocenters. The second-order valence-corrected chi connectivity index (χ2v) is 7.38. The van der Waals surface area contributed by atoms with E-state index in [0.717, 1.165) is 4.47 Å². The third-order valence-corrected chi connectivity index (χ3v) is 4.67. The van der Waals surface area contributed by atoms with Crippen LogP contribution in [-0.2, 0) is 15.1 Å². The standard InChI is InChI=1S/C16H19BrN2O4/c1-15(2)9-16(11-8-10(17)4-5-12(11)23-15)13(20)19(6-7-22-3)14(21)18-16/h4-5,8H,6-7,9H2,1-3H3,(H,18,21). The molecule has 6 nitrogen and oxygen atoms in total. The van der Waals surface area contributed by atoms with Gasteiger partial charge in [0.15, 0.2) is 5.54 Å². The number of imide groups is 1. The van der Waals surface area contributed by atoms with Gasteiger partial charge in [0.25, 0.3) is 5.91 Å². The van der Waals surface area contributed by atoms with E-state index in [0.29, 0.717) is 24.3 Å².